The molecule has 0 radical (unpaired) electrons. The van der Waals surface area contributed by atoms with E-state index in [4.69, 9.17) is 4.74 Å². The molecule has 0 bridgehead atoms. The molecule has 1 saturated carbocycles. The summed E-state index contributed by atoms with van der Waals surface area (Å²) in [5, 5.41) is 12.1. The molecule has 3 heterocycles. The molecule has 1 amide bonds. The Morgan fingerprint density at radius 1 is 1.21 bits per heavy atom. The minimum Gasteiger partial charge on any atom is -0.478 e. The number of nitrogens with zero attached hydrogens (tertiary/aromatic N) is 3. The zero-order valence-electron chi connectivity index (χ0n) is 16.3. The lowest BCUT2D eigenvalue weighted by Crippen LogP contribution is -2.37. The minimum absolute atomic E-state index is 0.00759. The number of amides is 1. The maximum absolute atomic E-state index is 13.2. The molecule has 9 heteroatoms. The van der Waals surface area contributed by atoms with Crippen molar-refractivity contribution in [3.63, 3.8) is 0 Å². The monoisotopic (exact) mass is 402 g/mol. The van der Waals surface area contributed by atoms with Gasteiger partial charge in [-0.15, -0.1) is 0 Å². The van der Waals surface area contributed by atoms with E-state index in [9.17, 15) is 19.5 Å². The maximum atomic E-state index is 13.2. The number of aromatic nitrogens is 3. The van der Waals surface area contributed by atoms with Crippen LogP contribution in [0.1, 0.15) is 61.3 Å². The first-order chi connectivity index (χ1) is 14.0. The normalized spacial score (nSPS) is 20.2. The molecule has 0 aromatic carbocycles. The lowest BCUT2D eigenvalue weighted by molar-refractivity contribution is -0.122. The van der Waals surface area contributed by atoms with Crippen molar-refractivity contribution in [3.05, 3.63) is 28.3 Å². The summed E-state index contributed by atoms with van der Waals surface area (Å²) in [5.74, 6) is -1.42. The van der Waals surface area contributed by atoms with Gasteiger partial charge in [0.1, 0.15) is 6.54 Å². The fourth-order valence-corrected chi connectivity index (χ4v) is 4.32. The van der Waals surface area contributed by atoms with Gasteiger partial charge in [-0.3, -0.25) is 13.9 Å². The Bertz CT molecular complexity index is 967. The van der Waals surface area contributed by atoms with Gasteiger partial charge in [-0.05, 0) is 31.7 Å². The molecular formula is C20H26N4O5. The van der Waals surface area contributed by atoms with Gasteiger partial charge in [-0.2, -0.15) is 0 Å². The van der Waals surface area contributed by atoms with Crippen LogP contribution in [-0.2, 0) is 16.1 Å². The first-order valence-corrected chi connectivity index (χ1v) is 10.3. The smallest absolute Gasteiger partial charge is 0.337 e. The second kappa shape index (κ2) is 8.36. The third-order valence-electron chi connectivity index (χ3n) is 5.84. The SMILES string of the molecule is O=C(Cn1c(=O)n(C2CCCCC2)c2ncc(C(=O)O)cc21)NCC1CCCO1. The lowest BCUT2D eigenvalue weighted by atomic mass is 9.95. The molecule has 156 valence electrons. The highest BCUT2D eigenvalue weighted by atomic mass is 16.5. The van der Waals surface area contributed by atoms with Crippen molar-refractivity contribution < 1.29 is 19.4 Å². The Kier molecular flexibility index (Phi) is 5.66. The molecule has 1 unspecified atom stereocenters. The molecule has 9 nitrogen and oxygen atoms in total. The van der Waals surface area contributed by atoms with Gasteiger partial charge < -0.3 is 15.2 Å². The Balaban J connectivity index is 1.66. The van der Waals surface area contributed by atoms with Crippen LogP contribution in [-0.4, -0.2) is 50.4 Å². The Morgan fingerprint density at radius 3 is 2.69 bits per heavy atom. The van der Waals surface area contributed by atoms with Crippen LogP contribution in [0.5, 0.6) is 0 Å². The molecule has 2 aromatic heterocycles. The third kappa shape index (κ3) is 4.05. The molecule has 2 fully saturated rings. The molecule has 1 aliphatic carbocycles. The number of carboxylic acids is 1. The lowest BCUT2D eigenvalue weighted by Gasteiger charge is -2.22. The Labute approximate surface area is 167 Å². The molecule has 1 saturated heterocycles. The van der Waals surface area contributed by atoms with E-state index < -0.39 is 5.97 Å². The van der Waals surface area contributed by atoms with Crippen LogP contribution < -0.4 is 11.0 Å². The van der Waals surface area contributed by atoms with Crippen molar-refractivity contribution in [2.45, 2.75) is 63.6 Å². The molecule has 1 aliphatic heterocycles. The number of carbonyl (C=O) groups is 2. The summed E-state index contributed by atoms with van der Waals surface area (Å²) in [6.07, 6.45) is 8.17. The van der Waals surface area contributed by atoms with Crippen molar-refractivity contribution in [2.75, 3.05) is 13.2 Å². The van der Waals surface area contributed by atoms with Gasteiger partial charge in [0.05, 0.1) is 17.2 Å². The molecule has 0 spiro atoms. The molecule has 2 aliphatic rings. The summed E-state index contributed by atoms with van der Waals surface area (Å²) >= 11 is 0. The zero-order valence-corrected chi connectivity index (χ0v) is 16.3. The molecule has 2 aromatic rings. The van der Waals surface area contributed by atoms with E-state index in [2.05, 4.69) is 10.3 Å². The van der Waals surface area contributed by atoms with Crippen LogP contribution in [0.3, 0.4) is 0 Å². The predicted octanol–water partition coefficient (Wildman–Crippen LogP) is 1.70. The van der Waals surface area contributed by atoms with E-state index >= 15 is 0 Å². The number of nitrogens with one attached hydrogen (secondary N) is 1. The maximum Gasteiger partial charge on any atom is 0.337 e. The Morgan fingerprint density at radius 2 is 2.00 bits per heavy atom. The number of aromatic carboxylic acids is 1. The number of carbonyl (C=O) groups excluding carboxylic acids is 1. The average molecular weight is 402 g/mol. The van der Waals surface area contributed by atoms with Crippen LogP contribution in [0.15, 0.2) is 17.1 Å². The van der Waals surface area contributed by atoms with Crippen LogP contribution in [0, 0.1) is 0 Å². The highest BCUT2D eigenvalue weighted by Gasteiger charge is 2.25. The first kappa shape index (κ1) is 19.6. The number of rotatable bonds is 6. The second-order valence-corrected chi connectivity index (χ2v) is 7.84. The number of fused-ring (bicyclic) bond motifs is 1. The Hall–Kier alpha value is -2.68. The van der Waals surface area contributed by atoms with E-state index in [1.165, 1.54) is 16.8 Å². The highest BCUT2D eigenvalue weighted by Crippen LogP contribution is 2.29. The molecular weight excluding hydrogens is 376 g/mol. The zero-order chi connectivity index (χ0) is 20.4. The van der Waals surface area contributed by atoms with Crippen LogP contribution in [0.25, 0.3) is 11.2 Å². The van der Waals surface area contributed by atoms with E-state index in [1.807, 2.05) is 0 Å². The van der Waals surface area contributed by atoms with Crippen molar-refractivity contribution in [3.8, 4) is 0 Å². The van der Waals surface area contributed by atoms with Crippen LogP contribution in [0.4, 0.5) is 0 Å². The minimum atomic E-state index is -1.12. The first-order valence-electron chi connectivity index (χ1n) is 10.3. The predicted molar refractivity (Wildman–Crippen MR) is 105 cm³/mol. The summed E-state index contributed by atoms with van der Waals surface area (Å²) in [6.45, 7) is 0.943. The second-order valence-electron chi connectivity index (χ2n) is 7.84. The van der Waals surface area contributed by atoms with Crippen molar-refractivity contribution >= 4 is 23.0 Å². The number of hydrogen-bond acceptors (Lipinski definition) is 5. The molecule has 2 N–H and O–H groups in total. The summed E-state index contributed by atoms with van der Waals surface area (Å²) in [6, 6.07) is 1.46. The van der Waals surface area contributed by atoms with Gasteiger partial charge in [0.15, 0.2) is 5.65 Å². The number of carboxylic acid groups (broad SMARTS) is 1. The number of ether oxygens (including phenoxy) is 1. The highest BCUT2D eigenvalue weighted by molar-refractivity contribution is 5.91. The molecule has 1 atom stereocenters. The van der Waals surface area contributed by atoms with Crippen molar-refractivity contribution in [1.29, 1.82) is 0 Å². The molecule has 4 rings (SSSR count). The van der Waals surface area contributed by atoms with E-state index in [0.29, 0.717) is 24.3 Å². The number of imidazole rings is 1. The van der Waals surface area contributed by atoms with Gasteiger partial charge in [0, 0.05) is 25.4 Å². The van der Waals surface area contributed by atoms with Gasteiger partial charge in [0.25, 0.3) is 0 Å². The van der Waals surface area contributed by atoms with Gasteiger partial charge in [-0.1, -0.05) is 19.3 Å². The average Bonchev–Trinajstić information content (AvgIpc) is 3.33. The summed E-state index contributed by atoms with van der Waals surface area (Å²) < 4.78 is 8.50. The topological polar surface area (TPSA) is 115 Å². The quantitative estimate of drug-likeness (QED) is 0.760. The summed E-state index contributed by atoms with van der Waals surface area (Å²) in [7, 11) is 0. The summed E-state index contributed by atoms with van der Waals surface area (Å²) in [4.78, 5) is 41.4. The largest absolute Gasteiger partial charge is 0.478 e. The van der Waals surface area contributed by atoms with Crippen molar-refractivity contribution in [1.82, 2.24) is 19.4 Å². The van der Waals surface area contributed by atoms with E-state index in [1.54, 1.807) is 4.57 Å². The third-order valence-corrected chi connectivity index (χ3v) is 5.84. The van der Waals surface area contributed by atoms with Crippen LogP contribution in [0.2, 0.25) is 0 Å². The van der Waals surface area contributed by atoms with Gasteiger partial charge in [0.2, 0.25) is 5.91 Å². The van der Waals surface area contributed by atoms with E-state index in [-0.39, 0.29) is 35.9 Å². The number of pyridine rings is 1. The van der Waals surface area contributed by atoms with Crippen molar-refractivity contribution in [2.24, 2.45) is 0 Å². The summed E-state index contributed by atoms with van der Waals surface area (Å²) in [5.41, 5.74) is 0.507. The van der Waals surface area contributed by atoms with Crippen LogP contribution >= 0.6 is 0 Å². The fraction of sp³-hybridized carbons (Fsp3) is 0.600. The van der Waals surface area contributed by atoms with Gasteiger partial charge in [-0.25, -0.2) is 14.6 Å². The van der Waals surface area contributed by atoms with Gasteiger partial charge >= 0.3 is 11.7 Å². The van der Waals surface area contributed by atoms with E-state index in [0.717, 1.165) is 44.9 Å². The molecule has 29 heavy (non-hydrogen) atoms. The number of hydrogen-bond donors (Lipinski definition) is 2. The standard InChI is InChI=1S/C20H26N4O5/c25-17(21-11-15-7-4-8-29-15)12-23-16-9-13(19(26)27)10-22-18(16)24(20(23)28)14-5-2-1-3-6-14/h9-10,14-15H,1-8,11-12H2,(H,21,25)(H,26,27). The fourth-order valence-electron chi connectivity index (χ4n) is 4.32.